The van der Waals surface area contributed by atoms with Crippen molar-refractivity contribution in [3.05, 3.63) is 63.1 Å². The summed E-state index contributed by atoms with van der Waals surface area (Å²) >= 11 is 0. The van der Waals surface area contributed by atoms with Crippen molar-refractivity contribution in [3.8, 4) is 0 Å². The number of aromatic amines is 1. The van der Waals surface area contributed by atoms with Crippen LogP contribution in [0.1, 0.15) is 22.6 Å². The highest BCUT2D eigenvalue weighted by atomic mass is 19.1. The van der Waals surface area contributed by atoms with Crippen molar-refractivity contribution in [2.24, 2.45) is 0 Å². The second kappa shape index (κ2) is 4.93. The largest absolute Gasteiger partial charge is 0.376 e. The Balaban J connectivity index is 1.91. The van der Waals surface area contributed by atoms with Gasteiger partial charge in [0.2, 0.25) is 0 Å². The van der Waals surface area contributed by atoms with Gasteiger partial charge in [0.05, 0.1) is 24.5 Å². The molecule has 0 saturated carbocycles. The zero-order valence-electron chi connectivity index (χ0n) is 10.3. The van der Waals surface area contributed by atoms with Crippen molar-refractivity contribution in [3.63, 3.8) is 0 Å². The predicted molar refractivity (Wildman–Crippen MR) is 67.4 cm³/mol. The molecule has 0 aliphatic carbocycles. The van der Waals surface area contributed by atoms with Gasteiger partial charge in [-0.3, -0.25) is 4.79 Å². The van der Waals surface area contributed by atoms with E-state index in [-0.39, 0.29) is 11.4 Å². The molecule has 3 rings (SSSR count). The summed E-state index contributed by atoms with van der Waals surface area (Å²) in [7, 11) is 0. The van der Waals surface area contributed by atoms with Crippen LogP contribution in [0.4, 0.5) is 4.39 Å². The summed E-state index contributed by atoms with van der Waals surface area (Å²) in [6.45, 7) is 0.925. The Labute approximate surface area is 109 Å². The van der Waals surface area contributed by atoms with Crippen LogP contribution in [0.15, 0.2) is 29.1 Å². The summed E-state index contributed by atoms with van der Waals surface area (Å²) in [6.07, 6.45) is 1.15. The monoisotopic (exact) mass is 260 g/mol. The van der Waals surface area contributed by atoms with Crippen LogP contribution in [-0.2, 0) is 24.2 Å². The lowest BCUT2D eigenvalue weighted by molar-refractivity contribution is 0.108. The third-order valence-electron chi connectivity index (χ3n) is 3.16. The van der Waals surface area contributed by atoms with E-state index in [1.54, 1.807) is 12.1 Å². The third-order valence-corrected chi connectivity index (χ3v) is 3.16. The SMILES string of the molecule is O=c1[nH]c(Cc2ccc(F)cc2)nc2c1COCC2. The quantitative estimate of drug-likeness (QED) is 0.891. The summed E-state index contributed by atoms with van der Waals surface area (Å²) in [5.74, 6) is 0.338. The van der Waals surface area contributed by atoms with E-state index < -0.39 is 0 Å². The highest BCUT2D eigenvalue weighted by Crippen LogP contribution is 2.12. The number of rotatable bonds is 2. The second-order valence-corrected chi connectivity index (χ2v) is 4.54. The lowest BCUT2D eigenvalue weighted by Gasteiger charge is -2.15. The van der Waals surface area contributed by atoms with Crippen molar-refractivity contribution in [1.29, 1.82) is 0 Å². The van der Waals surface area contributed by atoms with Crippen LogP contribution in [0.2, 0.25) is 0 Å². The molecule has 1 aromatic carbocycles. The van der Waals surface area contributed by atoms with Crippen LogP contribution < -0.4 is 5.56 Å². The van der Waals surface area contributed by atoms with Crippen LogP contribution in [-0.4, -0.2) is 16.6 Å². The molecule has 1 aliphatic rings. The molecule has 0 unspecified atom stereocenters. The van der Waals surface area contributed by atoms with Gasteiger partial charge in [-0.05, 0) is 17.7 Å². The van der Waals surface area contributed by atoms with Crippen molar-refractivity contribution in [2.75, 3.05) is 6.61 Å². The fraction of sp³-hybridized carbons (Fsp3) is 0.286. The summed E-state index contributed by atoms with van der Waals surface area (Å²) in [5.41, 5.74) is 2.21. The number of nitrogens with one attached hydrogen (secondary N) is 1. The van der Waals surface area contributed by atoms with Gasteiger partial charge >= 0.3 is 0 Å². The van der Waals surface area contributed by atoms with Gasteiger partial charge < -0.3 is 9.72 Å². The summed E-state index contributed by atoms with van der Waals surface area (Å²) < 4.78 is 18.1. The van der Waals surface area contributed by atoms with Crippen LogP contribution in [0.25, 0.3) is 0 Å². The standard InChI is InChI=1S/C14H13FN2O2/c15-10-3-1-9(2-4-10)7-13-16-12-5-6-19-8-11(12)14(18)17-13/h1-4H,5-8H2,(H,16,17,18). The molecule has 0 atom stereocenters. The van der Waals surface area contributed by atoms with E-state index in [9.17, 15) is 9.18 Å². The number of halogens is 1. The molecule has 0 bridgehead atoms. The molecule has 98 valence electrons. The van der Waals surface area contributed by atoms with E-state index in [1.165, 1.54) is 12.1 Å². The van der Waals surface area contributed by atoms with E-state index in [4.69, 9.17) is 4.74 Å². The van der Waals surface area contributed by atoms with Gasteiger partial charge in [0.25, 0.3) is 5.56 Å². The third kappa shape index (κ3) is 2.56. The van der Waals surface area contributed by atoms with Crippen molar-refractivity contribution in [2.45, 2.75) is 19.4 Å². The predicted octanol–water partition coefficient (Wildman–Crippen LogP) is 1.57. The first kappa shape index (κ1) is 12.0. The molecule has 2 aromatic rings. The van der Waals surface area contributed by atoms with E-state index in [0.29, 0.717) is 37.4 Å². The van der Waals surface area contributed by atoms with E-state index in [0.717, 1.165) is 11.3 Å². The van der Waals surface area contributed by atoms with Crippen molar-refractivity contribution < 1.29 is 9.13 Å². The molecule has 0 radical (unpaired) electrons. The van der Waals surface area contributed by atoms with Crippen LogP contribution in [0.5, 0.6) is 0 Å². The van der Waals surface area contributed by atoms with Crippen LogP contribution in [0, 0.1) is 5.82 Å². The van der Waals surface area contributed by atoms with Gasteiger partial charge in [-0.1, -0.05) is 12.1 Å². The minimum absolute atomic E-state index is 0.137. The average molecular weight is 260 g/mol. The topological polar surface area (TPSA) is 55.0 Å². The molecule has 1 N–H and O–H groups in total. The minimum atomic E-state index is -0.271. The molecule has 0 amide bonds. The zero-order chi connectivity index (χ0) is 13.2. The number of hydrogen-bond donors (Lipinski definition) is 1. The molecule has 0 spiro atoms. The lowest BCUT2D eigenvalue weighted by atomic mass is 10.1. The molecule has 19 heavy (non-hydrogen) atoms. The van der Waals surface area contributed by atoms with Crippen LogP contribution in [0.3, 0.4) is 0 Å². The van der Waals surface area contributed by atoms with Gasteiger partial charge in [0, 0.05) is 12.8 Å². The van der Waals surface area contributed by atoms with Crippen molar-refractivity contribution >= 4 is 0 Å². The Morgan fingerprint density at radius 2 is 2.11 bits per heavy atom. The molecule has 2 heterocycles. The number of H-pyrrole nitrogens is 1. The summed E-state index contributed by atoms with van der Waals surface area (Å²) in [5, 5.41) is 0. The molecule has 4 nitrogen and oxygen atoms in total. The number of aromatic nitrogens is 2. The first-order chi connectivity index (χ1) is 9.22. The highest BCUT2D eigenvalue weighted by Gasteiger charge is 2.15. The molecule has 0 fully saturated rings. The Morgan fingerprint density at radius 1 is 1.32 bits per heavy atom. The summed E-state index contributed by atoms with van der Waals surface area (Å²) in [6, 6.07) is 6.19. The highest BCUT2D eigenvalue weighted by molar-refractivity contribution is 5.23. The maximum Gasteiger partial charge on any atom is 0.256 e. The van der Waals surface area contributed by atoms with Crippen LogP contribution >= 0.6 is 0 Å². The molecule has 1 aromatic heterocycles. The van der Waals surface area contributed by atoms with Crippen molar-refractivity contribution in [1.82, 2.24) is 9.97 Å². The number of benzene rings is 1. The average Bonchev–Trinajstić information content (AvgIpc) is 2.42. The normalized spacial score (nSPS) is 14.2. The lowest BCUT2D eigenvalue weighted by Crippen LogP contribution is -2.25. The van der Waals surface area contributed by atoms with Gasteiger partial charge in [0.1, 0.15) is 11.6 Å². The van der Waals surface area contributed by atoms with E-state index >= 15 is 0 Å². The fourth-order valence-electron chi connectivity index (χ4n) is 2.17. The maximum absolute atomic E-state index is 12.8. The maximum atomic E-state index is 12.8. The Morgan fingerprint density at radius 3 is 2.89 bits per heavy atom. The van der Waals surface area contributed by atoms with E-state index in [2.05, 4.69) is 9.97 Å². The molecule has 5 heteroatoms. The van der Waals surface area contributed by atoms with Gasteiger partial charge in [-0.25, -0.2) is 9.37 Å². The van der Waals surface area contributed by atoms with Gasteiger partial charge in [0.15, 0.2) is 0 Å². The number of hydrogen-bond acceptors (Lipinski definition) is 3. The molecular weight excluding hydrogens is 247 g/mol. The summed E-state index contributed by atoms with van der Waals surface area (Å²) in [4.78, 5) is 19.1. The Hall–Kier alpha value is -2.01. The first-order valence-electron chi connectivity index (χ1n) is 6.15. The number of nitrogens with zero attached hydrogens (tertiary/aromatic N) is 1. The fourth-order valence-corrected chi connectivity index (χ4v) is 2.17. The Bertz CT molecular complexity index is 649. The smallest absolute Gasteiger partial charge is 0.256 e. The van der Waals surface area contributed by atoms with Gasteiger partial charge in [-0.15, -0.1) is 0 Å². The number of fused-ring (bicyclic) bond motifs is 1. The zero-order valence-corrected chi connectivity index (χ0v) is 10.3. The van der Waals surface area contributed by atoms with E-state index in [1.807, 2.05) is 0 Å². The first-order valence-corrected chi connectivity index (χ1v) is 6.15. The molecular formula is C14H13FN2O2. The second-order valence-electron chi connectivity index (χ2n) is 4.54. The molecule has 1 aliphatic heterocycles. The minimum Gasteiger partial charge on any atom is -0.376 e. The Kier molecular flexibility index (Phi) is 3.13. The molecule has 0 saturated heterocycles. The van der Waals surface area contributed by atoms with Gasteiger partial charge in [-0.2, -0.15) is 0 Å². The number of ether oxygens (including phenoxy) is 1.